The van der Waals surface area contributed by atoms with Crippen LogP contribution >= 0.6 is 23.2 Å². The third-order valence-electron chi connectivity index (χ3n) is 4.91. The Kier molecular flexibility index (Phi) is 7.05. The second-order valence-electron chi connectivity index (χ2n) is 6.65. The molecular weight excluding hydrogens is 435 g/mol. The molecule has 1 heterocycles. The Hall–Kier alpha value is -1.80. The molecule has 0 saturated carbocycles. The largest absolute Gasteiger partial charge is 0.496 e. The number of hydrogen-bond donors (Lipinski definition) is 0. The third-order valence-corrected chi connectivity index (χ3v) is 7.76. The molecule has 0 atom stereocenters. The van der Waals surface area contributed by atoms with Crippen LogP contribution < -0.4 is 4.74 Å². The molecule has 2 aromatic rings. The van der Waals surface area contributed by atoms with Gasteiger partial charge < -0.3 is 9.64 Å². The topological polar surface area (TPSA) is 66.9 Å². The Bertz CT molecular complexity index is 969. The number of rotatable bonds is 6. The smallest absolute Gasteiger partial charge is 0.246 e. The summed E-state index contributed by atoms with van der Waals surface area (Å²) < 4.78 is 32.5. The van der Waals surface area contributed by atoms with E-state index in [0.717, 1.165) is 11.3 Å². The van der Waals surface area contributed by atoms with Crippen LogP contribution in [0, 0.1) is 0 Å². The van der Waals surface area contributed by atoms with Crippen molar-refractivity contribution in [1.82, 2.24) is 9.21 Å². The number of aryl methyl sites for hydroxylation is 1. The first-order chi connectivity index (χ1) is 13.8. The van der Waals surface area contributed by atoms with Gasteiger partial charge in [0.15, 0.2) is 0 Å². The van der Waals surface area contributed by atoms with Crippen molar-refractivity contribution in [2.24, 2.45) is 0 Å². The minimum atomic E-state index is -3.82. The predicted molar refractivity (Wildman–Crippen MR) is 113 cm³/mol. The highest BCUT2D eigenvalue weighted by atomic mass is 35.5. The van der Waals surface area contributed by atoms with Gasteiger partial charge in [-0.25, -0.2) is 8.42 Å². The van der Waals surface area contributed by atoms with Gasteiger partial charge in [0, 0.05) is 32.6 Å². The second-order valence-corrected chi connectivity index (χ2v) is 9.34. The van der Waals surface area contributed by atoms with Crippen LogP contribution in [-0.4, -0.2) is 56.8 Å². The van der Waals surface area contributed by atoms with Gasteiger partial charge >= 0.3 is 0 Å². The lowest BCUT2D eigenvalue weighted by Crippen LogP contribution is -2.50. The molecular formula is C20H22Cl2N2O4S. The fourth-order valence-corrected chi connectivity index (χ4v) is 5.86. The molecule has 3 rings (SSSR count). The molecule has 0 bridgehead atoms. The van der Waals surface area contributed by atoms with Gasteiger partial charge in [-0.15, -0.1) is 0 Å². The number of para-hydroxylation sites is 1. The van der Waals surface area contributed by atoms with E-state index in [1.54, 1.807) is 18.1 Å². The highest BCUT2D eigenvalue weighted by Gasteiger charge is 2.32. The number of carbonyl (C=O) groups excluding carboxylic acids is 1. The first kappa shape index (κ1) is 21.9. The molecule has 156 valence electrons. The highest BCUT2D eigenvalue weighted by molar-refractivity contribution is 7.89. The quantitative estimate of drug-likeness (QED) is 0.667. The number of sulfonamides is 1. The summed E-state index contributed by atoms with van der Waals surface area (Å²) in [5.41, 5.74) is 0.970. The molecule has 0 unspecified atom stereocenters. The zero-order valence-electron chi connectivity index (χ0n) is 16.0. The summed E-state index contributed by atoms with van der Waals surface area (Å²) in [4.78, 5) is 14.2. The van der Waals surface area contributed by atoms with Crippen LogP contribution in [0.4, 0.5) is 0 Å². The molecule has 1 aliphatic rings. The minimum Gasteiger partial charge on any atom is -0.496 e. The Morgan fingerprint density at radius 3 is 2.24 bits per heavy atom. The van der Waals surface area contributed by atoms with Crippen molar-refractivity contribution in [2.75, 3.05) is 33.3 Å². The van der Waals surface area contributed by atoms with Crippen LogP contribution in [0.15, 0.2) is 47.4 Å². The number of piperazine rings is 1. The third kappa shape index (κ3) is 4.86. The lowest BCUT2D eigenvalue weighted by molar-refractivity contribution is -0.132. The number of halogens is 2. The van der Waals surface area contributed by atoms with Crippen LogP contribution in [-0.2, 0) is 21.2 Å². The molecule has 0 N–H and O–H groups in total. The Morgan fingerprint density at radius 2 is 1.62 bits per heavy atom. The zero-order valence-corrected chi connectivity index (χ0v) is 18.3. The minimum absolute atomic E-state index is 0.0104. The van der Waals surface area contributed by atoms with E-state index >= 15 is 0 Å². The van der Waals surface area contributed by atoms with Gasteiger partial charge in [-0.2, -0.15) is 4.31 Å². The summed E-state index contributed by atoms with van der Waals surface area (Å²) in [5.74, 6) is 0.747. The SMILES string of the molecule is COc1ccccc1CCC(=O)N1CCN(S(=O)(=O)c2c(Cl)cccc2Cl)CC1. The van der Waals surface area contributed by atoms with Crippen molar-refractivity contribution < 1.29 is 17.9 Å². The summed E-state index contributed by atoms with van der Waals surface area (Å²) in [6, 6.07) is 12.2. The van der Waals surface area contributed by atoms with Crippen LogP contribution in [0.25, 0.3) is 0 Å². The van der Waals surface area contributed by atoms with E-state index in [1.165, 1.54) is 16.4 Å². The van der Waals surface area contributed by atoms with Gasteiger partial charge in [0.25, 0.3) is 0 Å². The number of ether oxygens (including phenoxy) is 1. The lowest BCUT2D eigenvalue weighted by Gasteiger charge is -2.34. The first-order valence-corrected chi connectivity index (χ1v) is 11.4. The van der Waals surface area contributed by atoms with E-state index in [-0.39, 0.29) is 33.9 Å². The molecule has 9 heteroatoms. The molecule has 6 nitrogen and oxygen atoms in total. The van der Waals surface area contributed by atoms with Crippen LogP contribution in [0.2, 0.25) is 10.0 Å². The van der Waals surface area contributed by atoms with E-state index in [9.17, 15) is 13.2 Å². The van der Waals surface area contributed by atoms with Crippen molar-refractivity contribution in [2.45, 2.75) is 17.7 Å². The van der Waals surface area contributed by atoms with E-state index < -0.39 is 10.0 Å². The standard InChI is InChI=1S/C20H22Cl2N2O4S/c1-28-18-8-3-2-5-15(18)9-10-19(25)23-11-13-24(14-12-23)29(26,27)20-16(21)6-4-7-17(20)22/h2-8H,9-14H2,1H3. The number of amides is 1. The van der Waals surface area contributed by atoms with Crippen molar-refractivity contribution in [3.8, 4) is 5.75 Å². The molecule has 1 fully saturated rings. The number of carbonyl (C=O) groups is 1. The normalized spacial score (nSPS) is 15.3. The van der Waals surface area contributed by atoms with Crippen molar-refractivity contribution >= 4 is 39.1 Å². The highest BCUT2D eigenvalue weighted by Crippen LogP contribution is 2.32. The van der Waals surface area contributed by atoms with Gasteiger partial charge in [-0.1, -0.05) is 47.5 Å². The molecule has 29 heavy (non-hydrogen) atoms. The molecule has 1 aliphatic heterocycles. The van der Waals surface area contributed by atoms with Crippen molar-refractivity contribution in [3.05, 3.63) is 58.1 Å². The van der Waals surface area contributed by atoms with Crippen molar-refractivity contribution in [1.29, 1.82) is 0 Å². The maximum atomic E-state index is 12.9. The van der Waals surface area contributed by atoms with Gasteiger partial charge in [0.2, 0.25) is 15.9 Å². The monoisotopic (exact) mass is 456 g/mol. The first-order valence-electron chi connectivity index (χ1n) is 9.18. The van der Waals surface area contributed by atoms with E-state index in [1.807, 2.05) is 24.3 Å². The second kappa shape index (κ2) is 9.34. The predicted octanol–water partition coefficient (Wildman–Crippen LogP) is 3.47. The van der Waals surface area contributed by atoms with Gasteiger partial charge in [-0.05, 0) is 30.2 Å². The van der Waals surface area contributed by atoms with Crippen molar-refractivity contribution in [3.63, 3.8) is 0 Å². The van der Waals surface area contributed by atoms with E-state index in [4.69, 9.17) is 27.9 Å². The number of hydrogen-bond acceptors (Lipinski definition) is 4. The van der Waals surface area contributed by atoms with Crippen LogP contribution in [0.3, 0.4) is 0 Å². The van der Waals surface area contributed by atoms with E-state index in [2.05, 4.69) is 0 Å². The van der Waals surface area contributed by atoms with Gasteiger partial charge in [0.1, 0.15) is 10.6 Å². The molecule has 0 aliphatic carbocycles. The summed E-state index contributed by atoms with van der Waals surface area (Å²) in [6.45, 7) is 1.05. The molecule has 2 aromatic carbocycles. The van der Waals surface area contributed by atoms with Gasteiger partial charge in [0.05, 0.1) is 17.2 Å². The van der Waals surface area contributed by atoms with Gasteiger partial charge in [-0.3, -0.25) is 4.79 Å². The summed E-state index contributed by atoms with van der Waals surface area (Å²) in [7, 11) is -2.22. The lowest BCUT2D eigenvalue weighted by atomic mass is 10.1. The number of methoxy groups -OCH3 is 1. The fraction of sp³-hybridized carbons (Fsp3) is 0.350. The Morgan fingerprint density at radius 1 is 1.00 bits per heavy atom. The maximum absolute atomic E-state index is 12.9. The summed E-state index contributed by atoms with van der Waals surface area (Å²) in [6.07, 6.45) is 0.903. The average molecular weight is 457 g/mol. The summed E-state index contributed by atoms with van der Waals surface area (Å²) in [5, 5.41) is 0.181. The van der Waals surface area contributed by atoms with Crippen LogP contribution in [0.5, 0.6) is 5.75 Å². The van der Waals surface area contributed by atoms with Crippen LogP contribution in [0.1, 0.15) is 12.0 Å². The Balaban J connectivity index is 1.61. The van der Waals surface area contributed by atoms with E-state index in [0.29, 0.717) is 25.9 Å². The molecule has 0 spiro atoms. The molecule has 0 radical (unpaired) electrons. The zero-order chi connectivity index (χ0) is 21.0. The number of benzene rings is 2. The number of nitrogens with zero attached hydrogens (tertiary/aromatic N) is 2. The Labute approximate surface area is 181 Å². The molecule has 1 amide bonds. The maximum Gasteiger partial charge on any atom is 0.246 e. The molecule has 1 saturated heterocycles. The average Bonchev–Trinajstić information content (AvgIpc) is 2.72. The summed E-state index contributed by atoms with van der Waals surface area (Å²) >= 11 is 12.1. The molecule has 0 aromatic heterocycles. The fourth-order valence-electron chi connectivity index (χ4n) is 3.35.